The van der Waals surface area contributed by atoms with Crippen LogP contribution >= 0.6 is 0 Å². The van der Waals surface area contributed by atoms with Crippen molar-refractivity contribution in [3.05, 3.63) is 24.7 Å². The molecule has 1 unspecified atom stereocenters. The zero-order chi connectivity index (χ0) is 18.5. The summed E-state index contributed by atoms with van der Waals surface area (Å²) in [6, 6.07) is 3.89. The number of rotatable bonds is 5. The number of piperazine rings is 1. The van der Waals surface area contributed by atoms with Crippen molar-refractivity contribution in [2.45, 2.75) is 25.8 Å². The summed E-state index contributed by atoms with van der Waals surface area (Å²) in [4.78, 5) is 24.9. The molecule has 0 aliphatic carbocycles. The van der Waals surface area contributed by atoms with E-state index in [1.54, 1.807) is 17.1 Å². The highest BCUT2D eigenvalue weighted by Crippen LogP contribution is 2.21. The second-order valence-corrected chi connectivity index (χ2v) is 6.20. The number of amides is 1. The van der Waals surface area contributed by atoms with Gasteiger partial charge in [0.2, 0.25) is 11.9 Å². The molecule has 1 amide bonds. The first-order valence-electron chi connectivity index (χ1n) is 8.60. The quantitative estimate of drug-likeness (QED) is 0.863. The Labute approximate surface area is 152 Å². The predicted octanol–water partition coefficient (Wildman–Crippen LogP) is 1.29. The van der Waals surface area contributed by atoms with Gasteiger partial charge in [-0.2, -0.15) is 15.3 Å². The Kier molecular flexibility index (Phi) is 5.31. The zero-order valence-electron chi connectivity index (χ0n) is 15.0. The lowest BCUT2D eigenvalue weighted by atomic mass is 10.1. The van der Waals surface area contributed by atoms with Gasteiger partial charge >= 0.3 is 0 Å². The zero-order valence-corrected chi connectivity index (χ0v) is 15.0. The Morgan fingerprint density at radius 3 is 3.00 bits per heavy atom. The molecule has 1 aliphatic rings. The highest BCUT2D eigenvalue weighted by atomic mass is 16.2. The summed E-state index contributed by atoms with van der Waals surface area (Å²) < 4.78 is 1.70. The highest BCUT2D eigenvalue weighted by Gasteiger charge is 2.29. The van der Waals surface area contributed by atoms with Crippen LogP contribution in [0.15, 0.2) is 24.7 Å². The van der Waals surface area contributed by atoms with Crippen LogP contribution in [0.1, 0.15) is 19.8 Å². The third-order valence-corrected chi connectivity index (χ3v) is 4.43. The van der Waals surface area contributed by atoms with Crippen molar-refractivity contribution >= 4 is 23.4 Å². The number of aromatic nitrogens is 4. The van der Waals surface area contributed by atoms with Crippen LogP contribution in [0.5, 0.6) is 0 Å². The van der Waals surface area contributed by atoms with Crippen LogP contribution in [0, 0.1) is 11.3 Å². The summed E-state index contributed by atoms with van der Waals surface area (Å²) in [6.07, 6.45) is 6.05. The fraction of sp³-hybridized carbons (Fsp3) is 0.471. The van der Waals surface area contributed by atoms with E-state index < -0.39 is 0 Å². The number of aryl methyl sites for hydroxylation is 1. The van der Waals surface area contributed by atoms with Crippen LogP contribution in [-0.4, -0.2) is 56.2 Å². The largest absolute Gasteiger partial charge is 0.353 e. The van der Waals surface area contributed by atoms with Gasteiger partial charge in [-0.05, 0) is 12.5 Å². The second kappa shape index (κ2) is 7.82. The Hall–Kier alpha value is -3.15. The van der Waals surface area contributed by atoms with Crippen LogP contribution in [-0.2, 0) is 11.8 Å². The maximum Gasteiger partial charge on any atom is 0.237 e. The smallest absolute Gasteiger partial charge is 0.237 e. The molecule has 3 rings (SSSR count). The van der Waals surface area contributed by atoms with Crippen molar-refractivity contribution < 1.29 is 4.79 Å². The number of carbonyl (C=O) groups is 1. The molecule has 9 nitrogen and oxygen atoms in total. The fourth-order valence-corrected chi connectivity index (χ4v) is 3.11. The lowest BCUT2D eigenvalue weighted by Gasteiger charge is -2.41. The van der Waals surface area contributed by atoms with Gasteiger partial charge < -0.3 is 15.1 Å². The van der Waals surface area contributed by atoms with Gasteiger partial charge in [-0.25, -0.2) is 4.98 Å². The first-order valence-corrected chi connectivity index (χ1v) is 8.60. The van der Waals surface area contributed by atoms with E-state index in [0.29, 0.717) is 25.6 Å². The monoisotopic (exact) mass is 354 g/mol. The van der Waals surface area contributed by atoms with Crippen molar-refractivity contribution in [3.63, 3.8) is 0 Å². The molecule has 0 radical (unpaired) electrons. The molecule has 0 saturated carbocycles. The number of hydrogen-bond acceptors (Lipinski definition) is 7. The van der Waals surface area contributed by atoms with Crippen molar-refractivity contribution in [2.24, 2.45) is 7.05 Å². The van der Waals surface area contributed by atoms with Gasteiger partial charge in [-0.15, -0.1) is 0 Å². The molecule has 3 heterocycles. The van der Waals surface area contributed by atoms with E-state index in [4.69, 9.17) is 5.26 Å². The molecular weight excluding hydrogens is 332 g/mol. The lowest BCUT2D eigenvalue weighted by Crippen LogP contribution is -2.55. The molecule has 2 aromatic rings. The van der Waals surface area contributed by atoms with Gasteiger partial charge in [0.1, 0.15) is 12.2 Å². The minimum absolute atomic E-state index is 0.0663. The lowest BCUT2D eigenvalue weighted by molar-refractivity contribution is -0.132. The van der Waals surface area contributed by atoms with Crippen LogP contribution in [0.25, 0.3) is 0 Å². The average Bonchev–Trinajstić information content (AvgIpc) is 3.06. The topological polar surface area (TPSA) is 103 Å². The SMILES string of the molecule is CCC1CN(c2ccnc(Nc3cnn(C)c3)n2)CCN1C(=O)CC#N. The molecule has 2 aromatic heterocycles. The fourth-order valence-electron chi connectivity index (χ4n) is 3.11. The normalized spacial score (nSPS) is 17.0. The molecule has 1 saturated heterocycles. The summed E-state index contributed by atoms with van der Waals surface area (Å²) >= 11 is 0. The van der Waals surface area contributed by atoms with E-state index in [1.165, 1.54) is 0 Å². The molecular formula is C17H22N8O. The molecule has 0 spiro atoms. The van der Waals surface area contributed by atoms with Gasteiger partial charge in [0.25, 0.3) is 0 Å². The number of hydrogen-bond donors (Lipinski definition) is 1. The van der Waals surface area contributed by atoms with Gasteiger partial charge in [0, 0.05) is 45.1 Å². The molecule has 0 aromatic carbocycles. The number of nitriles is 1. The maximum atomic E-state index is 12.1. The van der Waals surface area contributed by atoms with Gasteiger partial charge in [0.15, 0.2) is 0 Å². The van der Waals surface area contributed by atoms with Gasteiger partial charge in [0.05, 0.1) is 18.0 Å². The number of nitrogens with one attached hydrogen (secondary N) is 1. The third kappa shape index (κ3) is 3.91. The van der Waals surface area contributed by atoms with E-state index in [0.717, 1.165) is 17.9 Å². The summed E-state index contributed by atoms with van der Waals surface area (Å²) in [5.41, 5.74) is 0.822. The van der Waals surface area contributed by atoms with E-state index in [-0.39, 0.29) is 18.4 Å². The molecule has 1 atom stereocenters. The van der Waals surface area contributed by atoms with Gasteiger partial charge in [-0.1, -0.05) is 6.92 Å². The van der Waals surface area contributed by atoms with Crippen LogP contribution < -0.4 is 10.2 Å². The number of nitrogens with zero attached hydrogens (tertiary/aromatic N) is 7. The first-order chi connectivity index (χ1) is 12.6. The Morgan fingerprint density at radius 1 is 1.46 bits per heavy atom. The standard InChI is InChI=1S/C17H22N8O/c1-3-14-12-24(8-9-25(14)16(26)4-6-18)15-5-7-19-17(22-15)21-13-10-20-23(2)11-13/h5,7,10-11,14H,3-4,8-9,12H2,1-2H3,(H,19,21,22). The number of anilines is 3. The Bertz CT molecular complexity index is 811. The maximum absolute atomic E-state index is 12.1. The summed E-state index contributed by atoms with van der Waals surface area (Å²) in [7, 11) is 1.85. The van der Waals surface area contributed by atoms with Crippen molar-refractivity contribution in [1.29, 1.82) is 5.26 Å². The molecule has 0 bridgehead atoms. The van der Waals surface area contributed by atoms with Crippen molar-refractivity contribution in [3.8, 4) is 6.07 Å². The molecule has 136 valence electrons. The van der Waals surface area contributed by atoms with Crippen LogP contribution in [0.2, 0.25) is 0 Å². The average molecular weight is 354 g/mol. The van der Waals surface area contributed by atoms with Crippen LogP contribution in [0.3, 0.4) is 0 Å². The Morgan fingerprint density at radius 2 is 2.31 bits per heavy atom. The Balaban J connectivity index is 1.70. The molecule has 1 aliphatic heterocycles. The molecule has 1 fully saturated rings. The van der Waals surface area contributed by atoms with Crippen molar-refractivity contribution in [2.75, 3.05) is 29.9 Å². The summed E-state index contributed by atoms with van der Waals surface area (Å²) in [6.45, 7) is 4.01. The summed E-state index contributed by atoms with van der Waals surface area (Å²) in [5.74, 6) is 1.23. The third-order valence-electron chi connectivity index (χ3n) is 4.43. The second-order valence-electron chi connectivity index (χ2n) is 6.20. The molecule has 1 N–H and O–H groups in total. The summed E-state index contributed by atoms with van der Waals surface area (Å²) in [5, 5.41) is 16.0. The van der Waals surface area contributed by atoms with Crippen LogP contribution in [0.4, 0.5) is 17.5 Å². The van der Waals surface area contributed by atoms with E-state index in [9.17, 15) is 4.79 Å². The first kappa shape index (κ1) is 17.7. The van der Waals surface area contributed by atoms with E-state index >= 15 is 0 Å². The predicted molar refractivity (Wildman–Crippen MR) is 96.8 cm³/mol. The van der Waals surface area contributed by atoms with E-state index in [2.05, 4.69) is 32.2 Å². The number of carbonyl (C=O) groups excluding carboxylic acids is 1. The van der Waals surface area contributed by atoms with Crippen molar-refractivity contribution in [1.82, 2.24) is 24.6 Å². The van der Waals surface area contributed by atoms with E-state index in [1.807, 2.05) is 30.3 Å². The van der Waals surface area contributed by atoms with Gasteiger partial charge in [-0.3, -0.25) is 9.48 Å². The molecule has 9 heteroatoms. The minimum Gasteiger partial charge on any atom is -0.353 e. The highest BCUT2D eigenvalue weighted by molar-refractivity contribution is 5.79. The minimum atomic E-state index is -0.0966. The molecule has 26 heavy (non-hydrogen) atoms.